The van der Waals surface area contributed by atoms with E-state index >= 15 is 0 Å². The van der Waals surface area contributed by atoms with Crippen LogP contribution in [0, 0.1) is 6.92 Å². The highest BCUT2D eigenvalue weighted by Crippen LogP contribution is 2.35. The molecule has 2 heterocycles. The second-order valence-electron chi connectivity index (χ2n) is 9.64. The number of nitrogens with zero attached hydrogens (tertiary/aromatic N) is 3. The summed E-state index contributed by atoms with van der Waals surface area (Å²) in [5.41, 5.74) is 2.45. The molecule has 36 heavy (non-hydrogen) atoms. The number of carbonyl (C=O) groups excluding carboxylic acids is 1. The van der Waals surface area contributed by atoms with E-state index < -0.39 is 9.84 Å². The molecule has 0 atom stereocenters. The molecule has 4 rings (SSSR count). The van der Waals surface area contributed by atoms with Crippen LogP contribution in [0.3, 0.4) is 0 Å². The van der Waals surface area contributed by atoms with Gasteiger partial charge in [0.1, 0.15) is 11.5 Å². The van der Waals surface area contributed by atoms with Crippen molar-refractivity contribution in [3.8, 4) is 11.5 Å². The van der Waals surface area contributed by atoms with Gasteiger partial charge in [-0.1, -0.05) is 17.7 Å². The van der Waals surface area contributed by atoms with Gasteiger partial charge in [0.25, 0.3) is 0 Å². The molecule has 0 spiro atoms. The van der Waals surface area contributed by atoms with Gasteiger partial charge in [-0.3, -0.25) is 14.5 Å². The van der Waals surface area contributed by atoms with Crippen molar-refractivity contribution in [2.24, 2.45) is 0 Å². The van der Waals surface area contributed by atoms with Crippen LogP contribution in [0.15, 0.2) is 59.9 Å². The average molecular weight is 527 g/mol. The Balaban J connectivity index is 1.55. The Bertz CT molecular complexity index is 1570. The maximum absolute atomic E-state index is 12.6. The normalized spacial score (nSPS) is 12.1. The molecule has 2 aromatic carbocycles. The van der Waals surface area contributed by atoms with Crippen LogP contribution in [0.2, 0.25) is 5.02 Å². The minimum absolute atomic E-state index is 0.0799. The summed E-state index contributed by atoms with van der Waals surface area (Å²) < 4.78 is 31.9. The van der Waals surface area contributed by atoms with Gasteiger partial charge >= 0.3 is 0 Å². The van der Waals surface area contributed by atoms with Gasteiger partial charge in [-0.05, 0) is 69.2 Å². The van der Waals surface area contributed by atoms with Crippen LogP contribution in [-0.2, 0) is 26.6 Å². The molecule has 0 aliphatic heterocycles. The first-order valence-corrected chi connectivity index (χ1v) is 13.5. The summed E-state index contributed by atoms with van der Waals surface area (Å²) in [6, 6.07) is 9.84. The highest BCUT2D eigenvalue weighted by atomic mass is 35.5. The molecule has 0 fully saturated rings. The number of fused-ring (bicyclic) bond motifs is 1. The Morgan fingerprint density at radius 3 is 2.56 bits per heavy atom. The van der Waals surface area contributed by atoms with Crippen LogP contribution in [-0.4, -0.2) is 35.3 Å². The van der Waals surface area contributed by atoms with Crippen molar-refractivity contribution in [3.63, 3.8) is 0 Å². The van der Waals surface area contributed by atoms with Gasteiger partial charge in [0.05, 0.1) is 34.3 Å². The molecule has 0 bridgehead atoms. The number of aromatic nitrogens is 3. The number of pyridine rings is 1. The van der Waals surface area contributed by atoms with Gasteiger partial charge in [-0.2, -0.15) is 5.10 Å². The zero-order valence-corrected chi connectivity index (χ0v) is 22.2. The molecule has 188 valence electrons. The summed E-state index contributed by atoms with van der Waals surface area (Å²) in [6.07, 6.45) is 6.23. The molecular weight excluding hydrogens is 500 g/mol. The van der Waals surface area contributed by atoms with Gasteiger partial charge in [0.15, 0.2) is 9.84 Å². The van der Waals surface area contributed by atoms with Crippen molar-refractivity contribution in [1.82, 2.24) is 14.8 Å². The van der Waals surface area contributed by atoms with Gasteiger partial charge in [0, 0.05) is 29.1 Å². The number of halogens is 1. The Morgan fingerprint density at radius 1 is 1.14 bits per heavy atom. The average Bonchev–Trinajstić information content (AvgIpc) is 3.25. The third kappa shape index (κ3) is 5.68. The van der Waals surface area contributed by atoms with E-state index in [1.807, 2.05) is 27.7 Å². The Kier molecular flexibility index (Phi) is 6.81. The van der Waals surface area contributed by atoms with E-state index in [0.29, 0.717) is 38.7 Å². The quantitative estimate of drug-likeness (QED) is 0.354. The molecule has 0 aliphatic rings. The largest absolute Gasteiger partial charge is 0.456 e. The first-order chi connectivity index (χ1) is 16.8. The number of aryl methyl sites for hydroxylation is 1. The number of amides is 1. The molecule has 0 saturated carbocycles. The van der Waals surface area contributed by atoms with Gasteiger partial charge in [-0.25, -0.2) is 8.42 Å². The molecule has 4 aromatic rings. The molecule has 1 N–H and O–H groups in total. The van der Waals surface area contributed by atoms with E-state index in [1.54, 1.807) is 53.6 Å². The molecule has 2 aromatic heterocycles. The number of ether oxygens (including phenoxy) is 1. The van der Waals surface area contributed by atoms with E-state index in [9.17, 15) is 13.2 Å². The Morgan fingerprint density at radius 2 is 1.89 bits per heavy atom. The lowest BCUT2D eigenvalue weighted by atomic mass is 10.1. The number of benzene rings is 2. The summed E-state index contributed by atoms with van der Waals surface area (Å²) in [4.78, 5) is 17.1. The zero-order valence-electron chi connectivity index (χ0n) is 20.7. The summed E-state index contributed by atoms with van der Waals surface area (Å²) in [7, 11) is -3.39. The van der Waals surface area contributed by atoms with Crippen molar-refractivity contribution in [1.29, 1.82) is 0 Å². The summed E-state index contributed by atoms with van der Waals surface area (Å²) in [6.45, 7) is 7.93. The third-order valence-corrected chi connectivity index (χ3v) is 7.03. The minimum Gasteiger partial charge on any atom is -0.456 e. The summed E-state index contributed by atoms with van der Waals surface area (Å²) >= 11 is 6.51. The van der Waals surface area contributed by atoms with E-state index in [1.165, 1.54) is 6.07 Å². The van der Waals surface area contributed by atoms with Crippen molar-refractivity contribution in [3.05, 3.63) is 71.1 Å². The minimum atomic E-state index is -3.39. The second-order valence-corrected chi connectivity index (χ2v) is 12.1. The van der Waals surface area contributed by atoms with Crippen molar-refractivity contribution < 1.29 is 17.9 Å². The molecule has 8 nitrogen and oxygen atoms in total. The van der Waals surface area contributed by atoms with Crippen molar-refractivity contribution in [2.45, 2.75) is 44.6 Å². The Labute approximate surface area is 215 Å². The van der Waals surface area contributed by atoms with Gasteiger partial charge in [0.2, 0.25) is 5.91 Å². The molecule has 1 amide bonds. The van der Waals surface area contributed by atoms with Gasteiger partial charge in [-0.15, -0.1) is 0 Å². The zero-order chi connectivity index (χ0) is 26.3. The number of carbonyl (C=O) groups is 1. The fourth-order valence-electron chi connectivity index (χ4n) is 3.64. The number of rotatable bonds is 6. The molecular formula is C26H27ClN4O4S. The smallest absolute Gasteiger partial charge is 0.228 e. The number of sulfone groups is 1. The predicted octanol–water partition coefficient (Wildman–Crippen LogP) is 5.53. The van der Waals surface area contributed by atoms with Crippen LogP contribution in [0.4, 0.5) is 5.69 Å². The van der Waals surface area contributed by atoms with Crippen LogP contribution < -0.4 is 10.1 Å². The third-order valence-electron chi connectivity index (χ3n) is 5.57. The molecule has 10 heteroatoms. The Hall–Kier alpha value is -3.43. The summed E-state index contributed by atoms with van der Waals surface area (Å²) in [5.74, 6) is 0.728. The fraction of sp³-hybridized carbons (Fsp3) is 0.269. The lowest BCUT2D eigenvalue weighted by Gasteiger charge is -2.18. The van der Waals surface area contributed by atoms with Gasteiger partial charge < -0.3 is 10.1 Å². The van der Waals surface area contributed by atoms with Crippen molar-refractivity contribution >= 4 is 43.9 Å². The first-order valence-electron chi connectivity index (χ1n) is 11.2. The van der Waals surface area contributed by atoms with E-state index in [2.05, 4.69) is 15.4 Å². The van der Waals surface area contributed by atoms with E-state index in [0.717, 1.165) is 11.8 Å². The molecule has 0 unspecified atom stereocenters. The van der Waals surface area contributed by atoms with Crippen LogP contribution >= 0.6 is 11.6 Å². The topological polar surface area (TPSA) is 103 Å². The van der Waals surface area contributed by atoms with Crippen molar-refractivity contribution in [2.75, 3.05) is 11.6 Å². The number of hydrogen-bond acceptors (Lipinski definition) is 6. The maximum atomic E-state index is 12.6. The van der Waals surface area contributed by atoms with Crippen LogP contribution in [0.25, 0.3) is 10.9 Å². The van der Waals surface area contributed by atoms with Crippen LogP contribution in [0.5, 0.6) is 11.5 Å². The number of anilines is 1. The second kappa shape index (κ2) is 9.55. The SMILES string of the molecule is Cc1cc(CC(=O)Nc2cnn(C(C)(C)C)c2)c(Cl)cc1Oc1ccnc2ccc(S(C)(=O)=O)cc12. The number of hydrogen-bond donors (Lipinski definition) is 1. The lowest BCUT2D eigenvalue weighted by molar-refractivity contribution is -0.115. The predicted molar refractivity (Wildman–Crippen MR) is 141 cm³/mol. The summed E-state index contributed by atoms with van der Waals surface area (Å²) in [5, 5.41) is 8.09. The molecule has 0 saturated heterocycles. The lowest BCUT2D eigenvalue weighted by Crippen LogP contribution is -2.22. The highest BCUT2D eigenvalue weighted by Gasteiger charge is 2.17. The molecule has 0 aliphatic carbocycles. The standard InChI is InChI=1S/C26H27ClN4O4S/c1-16-10-17(11-25(32)30-18-14-29-31(15-18)26(2,3)4)21(27)13-24(16)35-23-8-9-28-22-7-6-19(12-20(22)23)36(5,33)34/h6-10,12-15H,11H2,1-5H3,(H,30,32). The van der Waals surface area contributed by atoms with E-state index in [4.69, 9.17) is 16.3 Å². The fourth-order valence-corrected chi connectivity index (χ4v) is 4.51. The van der Waals surface area contributed by atoms with E-state index in [-0.39, 0.29) is 22.8 Å². The maximum Gasteiger partial charge on any atom is 0.228 e. The molecule has 0 radical (unpaired) electrons. The monoisotopic (exact) mass is 526 g/mol. The van der Waals surface area contributed by atoms with Crippen LogP contribution in [0.1, 0.15) is 31.9 Å². The highest BCUT2D eigenvalue weighted by molar-refractivity contribution is 7.90. The first kappa shape index (κ1) is 25.7. The number of nitrogens with one attached hydrogen (secondary N) is 1.